The summed E-state index contributed by atoms with van der Waals surface area (Å²) >= 11 is 0. The lowest BCUT2D eigenvalue weighted by Gasteiger charge is -2.27. The highest BCUT2D eigenvalue weighted by Gasteiger charge is 2.44. The van der Waals surface area contributed by atoms with E-state index in [1.54, 1.807) is 24.3 Å². The molecule has 0 saturated carbocycles. The van der Waals surface area contributed by atoms with Crippen LogP contribution in [-0.2, 0) is 41.1 Å². The minimum absolute atomic E-state index is 0.00659. The Morgan fingerprint density at radius 3 is 2.02 bits per heavy atom. The standard InChI is InChI=1S/C47H58N6O10S/c1-47(2,34-13-18-38(19-14-34)63-32-36-23-25-49-46(50-36)52-64(3,58)59)33-11-16-37(17-12-33)62-30-8-6-4-5-7-26-60-28-10-29-61-27-9-24-48-35-15-20-39-40(31-35)45(57)53(44(39)56)41-21-22-42(54)51-43(41)55/h11-20,23,25,31,41,48H,4-10,21-22,24,26-30,32H2,1-3H3,(H,49,50,52)(H,51,54,55). The van der Waals surface area contributed by atoms with E-state index in [0.29, 0.717) is 50.1 Å². The van der Waals surface area contributed by atoms with Gasteiger partial charge in [-0.1, -0.05) is 57.4 Å². The summed E-state index contributed by atoms with van der Waals surface area (Å²) in [6.07, 6.45) is 9.67. The molecule has 17 heteroatoms. The predicted octanol–water partition coefficient (Wildman–Crippen LogP) is 6.41. The van der Waals surface area contributed by atoms with Gasteiger partial charge < -0.3 is 24.3 Å². The number of nitrogens with one attached hydrogen (secondary N) is 3. The number of piperidine rings is 1. The maximum absolute atomic E-state index is 13.0. The number of sulfonamides is 1. The molecule has 16 nitrogen and oxygen atoms in total. The summed E-state index contributed by atoms with van der Waals surface area (Å²) in [5, 5.41) is 5.47. The summed E-state index contributed by atoms with van der Waals surface area (Å²) in [5.74, 6) is -0.535. The van der Waals surface area contributed by atoms with Crippen LogP contribution in [0.1, 0.15) is 109 Å². The maximum Gasteiger partial charge on any atom is 0.262 e. The van der Waals surface area contributed by atoms with Crippen molar-refractivity contribution in [2.45, 2.75) is 89.7 Å². The average Bonchev–Trinajstić information content (AvgIpc) is 3.51. The molecule has 6 rings (SSSR count). The fourth-order valence-electron chi connectivity index (χ4n) is 7.43. The number of unbranched alkanes of at least 4 members (excludes halogenated alkanes) is 4. The first-order chi connectivity index (χ1) is 30.8. The molecule has 4 amide bonds. The van der Waals surface area contributed by atoms with Crippen LogP contribution in [0.5, 0.6) is 11.5 Å². The Balaban J connectivity index is 0.751. The first-order valence-corrected chi connectivity index (χ1v) is 23.7. The summed E-state index contributed by atoms with van der Waals surface area (Å²) in [5.41, 5.74) is 3.81. The Kier molecular flexibility index (Phi) is 16.8. The van der Waals surface area contributed by atoms with Crippen LogP contribution < -0.4 is 24.8 Å². The minimum atomic E-state index is -3.47. The van der Waals surface area contributed by atoms with Crippen molar-refractivity contribution in [2.75, 3.05) is 55.9 Å². The minimum Gasteiger partial charge on any atom is -0.494 e. The molecule has 0 bridgehead atoms. The Hall–Kier alpha value is -5.91. The monoisotopic (exact) mass is 898 g/mol. The zero-order chi connectivity index (χ0) is 45.5. The van der Waals surface area contributed by atoms with Crippen LogP contribution >= 0.6 is 0 Å². The maximum atomic E-state index is 13.0. The third-order valence-electron chi connectivity index (χ3n) is 11.0. The van der Waals surface area contributed by atoms with Crippen molar-refractivity contribution in [2.24, 2.45) is 0 Å². The quantitative estimate of drug-likeness (QED) is 0.0461. The number of nitrogens with zero attached hydrogens (tertiary/aromatic N) is 3. The van der Waals surface area contributed by atoms with Crippen molar-refractivity contribution in [3.8, 4) is 11.5 Å². The predicted molar refractivity (Wildman–Crippen MR) is 241 cm³/mol. The number of amides is 4. The molecule has 0 aliphatic carbocycles. The number of carbonyl (C=O) groups is 4. The lowest BCUT2D eigenvalue weighted by atomic mass is 9.78. The number of imide groups is 2. The van der Waals surface area contributed by atoms with Gasteiger partial charge in [-0.15, -0.1) is 0 Å². The first-order valence-electron chi connectivity index (χ1n) is 21.8. The van der Waals surface area contributed by atoms with Gasteiger partial charge in [0.2, 0.25) is 27.8 Å². The lowest BCUT2D eigenvalue weighted by molar-refractivity contribution is -0.136. The third-order valence-corrected chi connectivity index (χ3v) is 11.6. The van der Waals surface area contributed by atoms with Crippen LogP contribution in [0.2, 0.25) is 0 Å². The van der Waals surface area contributed by atoms with E-state index in [1.807, 2.05) is 36.4 Å². The fraction of sp³-hybridized carbons (Fsp3) is 0.447. The fourth-order valence-corrected chi connectivity index (χ4v) is 7.86. The Morgan fingerprint density at radius 1 is 0.734 bits per heavy atom. The van der Waals surface area contributed by atoms with Crippen molar-refractivity contribution in [1.82, 2.24) is 20.2 Å². The molecular formula is C47H58N6O10S. The van der Waals surface area contributed by atoms with E-state index in [2.05, 4.69) is 51.3 Å². The van der Waals surface area contributed by atoms with Gasteiger partial charge in [-0.05, 0) is 91.8 Å². The molecule has 342 valence electrons. The molecule has 64 heavy (non-hydrogen) atoms. The highest BCUT2D eigenvalue weighted by molar-refractivity contribution is 7.92. The molecule has 4 aromatic rings. The van der Waals surface area contributed by atoms with Crippen LogP contribution in [0.25, 0.3) is 0 Å². The molecule has 2 aliphatic rings. The van der Waals surface area contributed by atoms with Gasteiger partial charge in [-0.2, -0.15) is 0 Å². The van der Waals surface area contributed by atoms with Gasteiger partial charge in [0, 0.05) is 56.7 Å². The molecule has 1 saturated heterocycles. The topological polar surface area (TPSA) is 204 Å². The normalized spacial score (nSPS) is 15.2. The van der Waals surface area contributed by atoms with Crippen molar-refractivity contribution in [3.05, 3.63) is 107 Å². The van der Waals surface area contributed by atoms with E-state index < -0.39 is 39.7 Å². The SMILES string of the molecule is CC(C)(c1ccc(OCCCCCCCOCCCOCCCNc2ccc3c(c2)C(=O)N(C2CCC(=O)NC2=O)C3=O)cc1)c1ccc(OCc2ccnc(NS(C)(=O)=O)n2)cc1. The number of benzene rings is 3. The smallest absolute Gasteiger partial charge is 0.262 e. The number of carbonyl (C=O) groups excluding carboxylic acids is 4. The number of ether oxygens (including phenoxy) is 4. The van der Waals surface area contributed by atoms with Crippen molar-refractivity contribution in [3.63, 3.8) is 0 Å². The van der Waals surface area contributed by atoms with E-state index in [-0.39, 0.29) is 41.9 Å². The third kappa shape index (κ3) is 13.5. The number of anilines is 2. The Bertz CT molecular complexity index is 2340. The van der Waals surface area contributed by atoms with Crippen molar-refractivity contribution < 1.29 is 46.5 Å². The second-order valence-electron chi connectivity index (χ2n) is 16.4. The molecule has 1 fully saturated rings. The highest BCUT2D eigenvalue weighted by Crippen LogP contribution is 2.34. The second kappa shape index (κ2) is 22.6. The number of rotatable bonds is 26. The second-order valence-corrected chi connectivity index (χ2v) is 18.1. The van der Waals surface area contributed by atoms with E-state index in [9.17, 15) is 27.6 Å². The molecule has 0 spiro atoms. The zero-order valence-electron chi connectivity index (χ0n) is 36.7. The van der Waals surface area contributed by atoms with Gasteiger partial charge in [0.15, 0.2) is 0 Å². The van der Waals surface area contributed by atoms with Crippen molar-refractivity contribution >= 4 is 45.3 Å². The van der Waals surface area contributed by atoms with E-state index >= 15 is 0 Å². The van der Waals surface area contributed by atoms with Gasteiger partial charge >= 0.3 is 0 Å². The molecule has 1 atom stereocenters. The summed E-state index contributed by atoms with van der Waals surface area (Å²) < 4.78 is 48.7. The molecule has 3 N–H and O–H groups in total. The van der Waals surface area contributed by atoms with Gasteiger partial charge in [0.25, 0.3) is 11.8 Å². The van der Waals surface area contributed by atoms with Gasteiger partial charge in [0.1, 0.15) is 24.1 Å². The van der Waals surface area contributed by atoms with Crippen molar-refractivity contribution in [1.29, 1.82) is 0 Å². The largest absolute Gasteiger partial charge is 0.494 e. The van der Waals surface area contributed by atoms with Gasteiger partial charge in [-0.25, -0.2) is 18.4 Å². The summed E-state index contributed by atoms with van der Waals surface area (Å²) in [4.78, 5) is 58.8. The van der Waals surface area contributed by atoms with Crippen LogP contribution in [0.4, 0.5) is 11.6 Å². The first kappa shape index (κ1) is 47.6. The average molecular weight is 899 g/mol. The van der Waals surface area contributed by atoms with Crippen LogP contribution in [0.3, 0.4) is 0 Å². The Morgan fingerprint density at radius 2 is 1.34 bits per heavy atom. The molecule has 3 heterocycles. The number of fused-ring (bicyclic) bond motifs is 1. The van der Waals surface area contributed by atoms with Crippen LogP contribution in [0, 0.1) is 0 Å². The van der Waals surface area contributed by atoms with Crippen LogP contribution in [-0.4, -0.2) is 98.8 Å². The summed E-state index contributed by atoms with van der Waals surface area (Å²) in [6, 6.07) is 21.9. The molecule has 3 aromatic carbocycles. The molecule has 2 aliphatic heterocycles. The molecule has 0 radical (unpaired) electrons. The summed E-state index contributed by atoms with van der Waals surface area (Å²) in [6.45, 7) is 8.41. The van der Waals surface area contributed by atoms with E-state index in [1.165, 1.54) is 11.8 Å². The highest BCUT2D eigenvalue weighted by atomic mass is 32.2. The number of hydrogen-bond acceptors (Lipinski definition) is 13. The van der Waals surface area contributed by atoms with E-state index in [0.717, 1.165) is 74.0 Å². The summed E-state index contributed by atoms with van der Waals surface area (Å²) in [7, 11) is -3.47. The lowest BCUT2D eigenvalue weighted by Crippen LogP contribution is -2.54. The number of aromatic nitrogens is 2. The zero-order valence-corrected chi connectivity index (χ0v) is 37.5. The van der Waals surface area contributed by atoms with Gasteiger partial charge in [0.05, 0.1) is 29.7 Å². The van der Waals surface area contributed by atoms with Gasteiger partial charge in [-0.3, -0.25) is 34.1 Å². The molecule has 1 aromatic heterocycles. The Labute approximate surface area is 374 Å². The van der Waals surface area contributed by atoms with Crippen LogP contribution in [0.15, 0.2) is 79.0 Å². The molecule has 1 unspecified atom stereocenters. The van der Waals surface area contributed by atoms with E-state index in [4.69, 9.17) is 18.9 Å². The number of hydrogen-bond donors (Lipinski definition) is 3. The molecular weight excluding hydrogens is 841 g/mol.